The first-order valence-electron chi connectivity index (χ1n) is 9.32. The molecule has 4 aliphatic carbocycles. The van der Waals surface area contributed by atoms with Gasteiger partial charge in [0.15, 0.2) is 11.2 Å². The van der Waals surface area contributed by atoms with Crippen molar-refractivity contribution in [3.05, 3.63) is 59.7 Å². The van der Waals surface area contributed by atoms with Gasteiger partial charge in [-0.1, -0.05) is 30.3 Å². The van der Waals surface area contributed by atoms with Crippen LogP contribution in [-0.4, -0.2) is 43.8 Å². The minimum absolute atomic E-state index is 0.0293. The van der Waals surface area contributed by atoms with E-state index in [9.17, 15) is 9.59 Å². The average molecular weight is 368 g/mol. The predicted molar refractivity (Wildman–Crippen MR) is 99.3 cm³/mol. The molecule has 5 atom stereocenters. The number of methoxy groups -OCH3 is 2. The van der Waals surface area contributed by atoms with Crippen molar-refractivity contribution in [1.82, 2.24) is 0 Å². The van der Waals surface area contributed by atoms with Crippen LogP contribution in [0, 0.1) is 11.8 Å². The van der Waals surface area contributed by atoms with E-state index in [2.05, 4.69) is 12.1 Å². The van der Waals surface area contributed by atoms with Crippen LogP contribution in [0.2, 0.25) is 0 Å². The molecule has 4 aliphatic rings. The van der Waals surface area contributed by atoms with E-state index in [1.807, 2.05) is 24.3 Å². The van der Waals surface area contributed by atoms with Crippen LogP contribution >= 0.6 is 0 Å². The number of ketones is 1. The van der Waals surface area contributed by atoms with E-state index in [-0.39, 0.29) is 30.1 Å². The quantitative estimate of drug-likeness (QED) is 0.454. The third-order valence-corrected chi connectivity index (χ3v) is 6.41. The lowest BCUT2D eigenvalue weighted by Gasteiger charge is -2.56. The van der Waals surface area contributed by atoms with Gasteiger partial charge in [-0.15, -0.1) is 0 Å². The molecule has 0 amide bonds. The van der Waals surface area contributed by atoms with E-state index >= 15 is 0 Å². The second-order valence-electron chi connectivity index (χ2n) is 7.33. The van der Waals surface area contributed by atoms with Crippen LogP contribution in [0.5, 0.6) is 0 Å². The highest BCUT2D eigenvalue weighted by Crippen LogP contribution is 2.61. The lowest BCUT2D eigenvalue weighted by Crippen LogP contribution is -2.68. The Labute approximate surface area is 159 Å². The molecule has 2 bridgehead atoms. The highest BCUT2D eigenvalue weighted by Gasteiger charge is 2.68. The van der Waals surface area contributed by atoms with Crippen molar-refractivity contribution in [1.29, 1.82) is 0 Å². The van der Waals surface area contributed by atoms with E-state index < -0.39 is 17.2 Å². The molecule has 5 nitrogen and oxygen atoms in total. The topological polar surface area (TPSA) is 61.8 Å². The molecule has 0 saturated heterocycles. The predicted octanol–water partition coefficient (Wildman–Crippen LogP) is 2.60. The van der Waals surface area contributed by atoms with Crippen molar-refractivity contribution in [2.24, 2.45) is 11.8 Å². The van der Waals surface area contributed by atoms with Gasteiger partial charge in [-0.3, -0.25) is 4.79 Å². The Morgan fingerprint density at radius 2 is 2.04 bits per heavy atom. The average Bonchev–Trinajstić information content (AvgIpc) is 3.09. The smallest absolute Gasteiger partial charge is 0.330 e. The van der Waals surface area contributed by atoms with Crippen LogP contribution in [0.4, 0.5) is 0 Å². The summed E-state index contributed by atoms with van der Waals surface area (Å²) in [5.41, 5.74) is 0.164. The van der Waals surface area contributed by atoms with Crippen molar-refractivity contribution in [2.45, 2.75) is 30.5 Å². The molecule has 27 heavy (non-hydrogen) atoms. The van der Waals surface area contributed by atoms with Crippen LogP contribution in [0.1, 0.15) is 24.0 Å². The van der Waals surface area contributed by atoms with Gasteiger partial charge < -0.3 is 14.2 Å². The minimum Gasteiger partial charge on any atom is -0.463 e. The van der Waals surface area contributed by atoms with Crippen molar-refractivity contribution in [3.8, 4) is 0 Å². The SMILES string of the molecule is CCOC(=O)/C=C/[C@@]1(OC)C(=O)[C@@]2(OC)C=C[C@H]1[C@@H]1c3ccccc3C[C@@H]12. The van der Waals surface area contributed by atoms with E-state index in [1.54, 1.807) is 20.1 Å². The molecule has 1 aromatic carbocycles. The summed E-state index contributed by atoms with van der Waals surface area (Å²) in [6.45, 7) is 2.02. The number of rotatable bonds is 5. The molecule has 1 saturated carbocycles. The van der Waals surface area contributed by atoms with Gasteiger partial charge in [-0.05, 0) is 36.6 Å². The highest BCUT2D eigenvalue weighted by atomic mass is 16.5. The van der Waals surface area contributed by atoms with Crippen molar-refractivity contribution >= 4 is 11.8 Å². The molecule has 1 fully saturated rings. The molecule has 5 rings (SSSR count). The van der Waals surface area contributed by atoms with E-state index in [0.29, 0.717) is 0 Å². The first-order chi connectivity index (χ1) is 13.0. The summed E-state index contributed by atoms with van der Waals surface area (Å²) < 4.78 is 16.7. The van der Waals surface area contributed by atoms with Gasteiger partial charge in [0.1, 0.15) is 0 Å². The Hall–Kier alpha value is -2.24. The van der Waals surface area contributed by atoms with E-state index in [0.717, 1.165) is 6.42 Å². The first-order valence-corrected chi connectivity index (χ1v) is 9.32. The summed E-state index contributed by atoms with van der Waals surface area (Å²) >= 11 is 0. The summed E-state index contributed by atoms with van der Waals surface area (Å²) in [6, 6.07) is 8.29. The van der Waals surface area contributed by atoms with Gasteiger partial charge in [-0.25, -0.2) is 4.79 Å². The van der Waals surface area contributed by atoms with Crippen LogP contribution in [0.3, 0.4) is 0 Å². The van der Waals surface area contributed by atoms with Gasteiger partial charge in [0.25, 0.3) is 0 Å². The fraction of sp³-hybridized carbons (Fsp3) is 0.455. The fourth-order valence-electron chi connectivity index (χ4n) is 5.27. The number of carbonyl (C=O) groups excluding carboxylic acids is 2. The maximum atomic E-state index is 13.7. The van der Waals surface area contributed by atoms with Gasteiger partial charge in [0.2, 0.25) is 5.78 Å². The molecule has 0 heterocycles. The lowest BCUT2D eigenvalue weighted by atomic mass is 9.53. The van der Waals surface area contributed by atoms with Crippen LogP contribution in [0.15, 0.2) is 48.6 Å². The molecule has 5 heteroatoms. The molecule has 0 aromatic heterocycles. The van der Waals surface area contributed by atoms with Gasteiger partial charge in [0, 0.05) is 38.0 Å². The fourth-order valence-corrected chi connectivity index (χ4v) is 5.27. The molecular weight excluding hydrogens is 344 g/mol. The van der Waals surface area contributed by atoms with Gasteiger partial charge >= 0.3 is 5.97 Å². The Bertz CT molecular complexity index is 841. The summed E-state index contributed by atoms with van der Waals surface area (Å²) in [5, 5.41) is 0. The summed E-state index contributed by atoms with van der Waals surface area (Å²) in [6.07, 6.45) is 7.57. The normalized spacial score (nSPS) is 36.1. The molecule has 0 aliphatic heterocycles. The maximum absolute atomic E-state index is 13.7. The Morgan fingerprint density at radius 1 is 1.26 bits per heavy atom. The Kier molecular flexibility index (Phi) is 4.32. The summed E-state index contributed by atoms with van der Waals surface area (Å²) in [5.74, 6) is -0.715. The maximum Gasteiger partial charge on any atom is 0.330 e. The second-order valence-corrected chi connectivity index (χ2v) is 7.33. The number of ether oxygens (including phenoxy) is 3. The first kappa shape index (κ1) is 18.1. The third-order valence-electron chi connectivity index (χ3n) is 6.41. The summed E-state index contributed by atoms with van der Waals surface area (Å²) in [4.78, 5) is 25.6. The Balaban J connectivity index is 1.85. The van der Waals surface area contributed by atoms with Crippen molar-refractivity contribution in [2.75, 3.05) is 20.8 Å². The lowest BCUT2D eigenvalue weighted by molar-refractivity contribution is -0.180. The molecule has 0 unspecified atom stereocenters. The van der Waals surface area contributed by atoms with E-state index in [1.165, 1.54) is 24.3 Å². The third kappa shape index (κ3) is 2.31. The van der Waals surface area contributed by atoms with Crippen molar-refractivity contribution < 1.29 is 23.8 Å². The standard InChI is InChI=1S/C22H24O5/c1-4-27-18(23)10-12-21(25-2)16-9-11-22(26-3,20(21)24)17-13-14-7-5-6-8-15(14)19(16)17/h5-12,16-17,19H,4,13H2,1-3H3/b12-10+/t16-,17-,19-,21-,22+/m0/s1. The number of hydrogen-bond acceptors (Lipinski definition) is 5. The monoisotopic (exact) mass is 368 g/mol. The van der Waals surface area contributed by atoms with Crippen LogP contribution in [-0.2, 0) is 30.2 Å². The zero-order chi connectivity index (χ0) is 19.2. The van der Waals surface area contributed by atoms with Gasteiger partial charge in [0.05, 0.1) is 6.61 Å². The number of esters is 1. The number of Topliss-reactive ketones (excluding diaryl/α,β-unsaturated/α-hetero) is 1. The Morgan fingerprint density at radius 3 is 2.74 bits per heavy atom. The molecule has 0 radical (unpaired) electrons. The number of carbonyl (C=O) groups is 2. The summed E-state index contributed by atoms with van der Waals surface area (Å²) in [7, 11) is 3.09. The van der Waals surface area contributed by atoms with Crippen LogP contribution < -0.4 is 0 Å². The molecule has 1 aromatic rings. The zero-order valence-electron chi connectivity index (χ0n) is 15.8. The number of fused-ring (bicyclic) bond motifs is 2. The highest BCUT2D eigenvalue weighted by molar-refractivity contribution is 6.03. The number of benzene rings is 1. The minimum atomic E-state index is -1.25. The molecule has 0 N–H and O–H groups in total. The van der Waals surface area contributed by atoms with E-state index in [4.69, 9.17) is 14.2 Å². The largest absolute Gasteiger partial charge is 0.463 e. The van der Waals surface area contributed by atoms with Gasteiger partial charge in [-0.2, -0.15) is 0 Å². The zero-order valence-corrected chi connectivity index (χ0v) is 15.8. The molecule has 0 spiro atoms. The molecule has 142 valence electrons. The van der Waals surface area contributed by atoms with Crippen molar-refractivity contribution in [3.63, 3.8) is 0 Å². The second kappa shape index (κ2) is 6.43. The van der Waals surface area contributed by atoms with Crippen LogP contribution in [0.25, 0.3) is 0 Å². The molecular formula is C22H24O5. The number of hydrogen-bond donors (Lipinski definition) is 0.